The molecule has 172 valence electrons. The van der Waals surface area contributed by atoms with Gasteiger partial charge in [-0.3, -0.25) is 4.98 Å². The number of aliphatic hydroxyl groups is 1. The van der Waals surface area contributed by atoms with Gasteiger partial charge in [0, 0.05) is 24.5 Å². The Bertz CT molecular complexity index is 1230. The first-order chi connectivity index (χ1) is 16.2. The third-order valence-electron chi connectivity index (χ3n) is 5.67. The number of aromatic nitrogens is 5. The van der Waals surface area contributed by atoms with Crippen LogP contribution >= 0.6 is 23.2 Å². The number of anilines is 1. The van der Waals surface area contributed by atoms with E-state index in [9.17, 15) is 5.11 Å². The van der Waals surface area contributed by atoms with E-state index >= 15 is 0 Å². The topological polar surface area (TPSA) is 79.4 Å². The van der Waals surface area contributed by atoms with Crippen molar-refractivity contribution in [2.45, 2.75) is 39.2 Å². The van der Waals surface area contributed by atoms with Crippen LogP contribution in [0.3, 0.4) is 0 Å². The van der Waals surface area contributed by atoms with Gasteiger partial charge in [-0.15, -0.1) is 0 Å². The number of piperidine rings is 1. The molecule has 1 N–H and O–H groups in total. The van der Waals surface area contributed by atoms with Gasteiger partial charge in [0.25, 0.3) is 0 Å². The zero-order valence-corrected chi connectivity index (χ0v) is 20.1. The first-order valence-electron chi connectivity index (χ1n) is 11.1. The van der Waals surface area contributed by atoms with Crippen LogP contribution in [-0.4, -0.2) is 48.9 Å². The van der Waals surface area contributed by atoms with Gasteiger partial charge >= 0.3 is 0 Å². The van der Waals surface area contributed by atoms with Gasteiger partial charge in [0.2, 0.25) is 5.95 Å². The Kier molecular flexibility index (Phi) is 7.42. The van der Waals surface area contributed by atoms with E-state index in [-0.39, 0.29) is 12.6 Å². The highest BCUT2D eigenvalue weighted by Crippen LogP contribution is 2.38. The maximum Gasteiger partial charge on any atom is 0.229 e. The van der Waals surface area contributed by atoms with Crippen molar-refractivity contribution in [3.63, 3.8) is 0 Å². The van der Waals surface area contributed by atoms with E-state index in [0.29, 0.717) is 21.6 Å². The maximum atomic E-state index is 9.97. The molecule has 4 aromatic rings. The number of hydrogen-bond donors (Lipinski definition) is 1. The fourth-order valence-corrected chi connectivity index (χ4v) is 4.44. The highest BCUT2D eigenvalue weighted by molar-refractivity contribution is 6.42. The first-order valence-corrected chi connectivity index (χ1v) is 11.9. The van der Waals surface area contributed by atoms with E-state index in [1.54, 1.807) is 23.0 Å². The summed E-state index contributed by atoms with van der Waals surface area (Å²) in [6.07, 6.45) is 8.03. The fraction of sp³-hybridized carbons (Fsp3) is 0.333. The lowest BCUT2D eigenvalue weighted by atomic mass is 10.00. The molecule has 0 unspecified atom stereocenters. The molecule has 1 atom stereocenters. The highest BCUT2D eigenvalue weighted by atomic mass is 35.5. The summed E-state index contributed by atoms with van der Waals surface area (Å²) in [6, 6.07) is 9.32. The molecule has 9 heteroatoms. The van der Waals surface area contributed by atoms with Gasteiger partial charge in [0.15, 0.2) is 5.65 Å². The zero-order chi connectivity index (χ0) is 23.4. The smallest absolute Gasteiger partial charge is 0.229 e. The Hall–Kier alpha value is -2.74. The zero-order valence-electron chi connectivity index (χ0n) is 18.6. The second-order valence-electron chi connectivity index (χ2n) is 7.52. The number of halogens is 2. The summed E-state index contributed by atoms with van der Waals surface area (Å²) in [5.41, 5.74) is 3.97. The van der Waals surface area contributed by atoms with Crippen molar-refractivity contribution in [1.29, 1.82) is 0 Å². The lowest BCUT2D eigenvalue weighted by molar-refractivity contribution is 0.238. The molecular formula is C24H26Cl2N6O. The summed E-state index contributed by atoms with van der Waals surface area (Å²) in [5, 5.41) is 15.4. The number of benzene rings is 1. The third-order valence-corrected chi connectivity index (χ3v) is 6.41. The van der Waals surface area contributed by atoms with Crippen molar-refractivity contribution in [3.8, 4) is 22.4 Å². The molecule has 33 heavy (non-hydrogen) atoms. The molecule has 7 nitrogen and oxygen atoms in total. The average molecular weight is 485 g/mol. The van der Waals surface area contributed by atoms with Crippen molar-refractivity contribution >= 4 is 34.8 Å². The van der Waals surface area contributed by atoms with E-state index in [1.165, 1.54) is 6.33 Å². The normalized spacial score (nSPS) is 15.9. The molecule has 3 aromatic heterocycles. The van der Waals surface area contributed by atoms with Gasteiger partial charge in [-0.25, -0.2) is 9.97 Å². The minimum absolute atomic E-state index is 0.00485. The van der Waals surface area contributed by atoms with Gasteiger partial charge in [-0.05, 0) is 49.1 Å². The van der Waals surface area contributed by atoms with E-state index in [4.69, 9.17) is 28.2 Å². The number of aliphatic hydroxyl groups excluding tert-OH is 1. The number of hydrogen-bond acceptors (Lipinski definition) is 6. The summed E-state index contributed by atoms with van der Waals surface area (Å²) in [4.78, 5) is 15.9. The van der Waals surface area contributed by atoms with Gasteiger partial charge in [0.1, 0.15) is 6.33 Å². The van der Waals surface area contributed by atoms with Gasteiger partial charge in [-0.1, -0.05) is 43.1 Å². The van der Waals surface area contributed by atoms with Crippen molar-refractivity contribution < 1.29 is 5.11 Å². The van der Waals surface area contributed by atoms with Crippen LogP contribution in [0.2, 0.25) is 10.0 Å². The molecule has 0 amide bonds. The molecular weight excluding hydrogens is 459 g/mol. The molecule has 1 fully saturated rings. The molecule has 1 aromatic carbocycles. The van der Waals surface area contributed by atoms with Crippen LogP contribution in [-0.2, 0) is 0 Å². The Morgan fingerprint density at radius 3 is 2.55 bits per heavy atom. The molecule has 0 bridgehead atoms. The van der Waals surface area contributed by atoms with Crippen LogP contribution < -0.4 is 4.90 Å². The predicted octanol–water partition coefficient (Wildman–Crippen LogP) is 5.54. The molecule has 4 heterocycles. The van der Waals surface area contributed by atoms with Crippen LogP contribution in [0.5, 0.6) is 0 Å². The summed E-state index contributed by atoms with van der Waals surface area (Å²) in [6.45, 7) is 4.87. The van der Waals surface area contributed by atoms with E-state index in [0.717, 1.165) is 48.2 Å². The monoisotopic (exact) mass is 484 g/mol. The largest absolute Gasteiger partial charge is 0.394 e. The predicted molar refractivity (Wildman–Crippen MR) is 133 cm³/mol. The summed E-state index contributed by atoms with van der Waals surface area (Å²) >= 11 is 12.5. The summed E-state index contributed by atoms with van der Waals surface area (Å²) in [7, 11) is 0. The molecule has 1 aliphatic heterocycles. The van der Waals surface area contributed by atoms with Gasteiger partial charge < -0.3 is 10.0 Å². The Morgan fingerprint density at radius 1 is 1.03 bits per heavy atom. The number of pyridine rings is 1. The van der Waals surface area contributed by atoms with Gasteiger partial charge in [-0.2, -0.15) is 9.61 Å². The lowest BCUT2D eigenvalue weighted by Crippen LogP contribution is -2.43. The summed E-state index contributed by atoms with van der Waals surface area (Å²) in [5.74, 6) is 0.668. The number of nitrogens with zero attached hydrogens (tertiary/aromatic N) is 6. The minimum Gasteiger partial charge on any atom is -0.394 e. The van der Waals surface area contributed by atoms with Crippen LogP contribution in [0, 0.1) is 0 Å². The lowest BCUT2D eigenvalue weighted by Gasteiger charge is -2.35. The van der Waals surface area contributed by atoms with Crippen molar-refractivity contribution in [1.82, 2.24) is 24.6 Å². The van der Waals surface area contributed by atoms with Crippen LogP contribution in [0.4, 0.5) is 5.95 Å². The number of fused-ring (bicyclic) bond motifs is 1. The SMILES string of the molecule is CC.OC[C@H]1CCCCN1c1nc(-c2ccncc2)c(-c2ccc(Cl)c(Cl)c2)c2ncnn12. The Morgan fingerprint density at radius 2 is 1.82 bits per heavy atom. The van der Waals surface area contributed by atoms with Crippen LogP contribution in [0.15, 0.2) is 49.1 Å². The Labute approximate surface area is 203 Å². The quantitative estimate of drug-likeness (QED) is 0.409. The minimum atomic E-state index is -0.00485. The fourth-order valence-electron chi connectivity index (χ4n) is 4.14. The van der Waals surface area contributed by atoms with Crippen molar-refractivity contribution in [3.05, 3.63) is 59.1 Å². The number of rotatable bonds is 4. The van der Waals surface area contributed by atoms with Crippen LogP contribution in [0.1, 0.15) is 33.1 Å². The molecule has 1 aliphatic rings. The van der Waals surface area contributed by atoms with E-state index in [2.05, 4.69) is 20.0 Å². The standard InChI is InChI=1S/C22H20Cl2N6O.C2H6/c23-17-5-4-15(11-18(17)24)19-20(14-6-8-25-9-7-14)28-22(30-21(19)26-13-27-30)29-10-2-1-3-16(29)12-31;1-2/h4-9,11,13,16,31H,1-3,10,12H2;1-2H3/t16-;/m1./s1. The van der Waals surface area contributed by atoms with Crippen LogP contribution in [0.25, 0.3) is 28.0 Å². The Balaban J connectivity index is 0.00000126. The molecule has 5 rings (SSSR count). The van der Waals surface area contributed by atoms with E-state index < -0.39 is 0 Å². The summed E-state index contributed by atoms with van der Waals surface area (Å²) < 4.78 is 1.75. The molecule has 0 spiro atoms. The molecule has 1 saturated heterocycles. The van der Waals surface area contributed by atoms with Crippen molar-refractivity contribution in [2.75, 3.05) is 18.1 Å². The van der Waals surface area contributed by atoms with Gasteiger partial charge in [0.05, 0.1) is 34.0 Å². The third kappa shape index (κ3) is 4.53. The molecule has 0 radical (unpaired) electrons. The molecule has 0 aliphatic carbocycles. The highest BCUT2D eigenvalue weighted by Gasteiger charge is 2.28. The first kappa shape index (κ1) is 23.4. The van der Waals surface area contributed by atoms with Crippen molar-refractivity contribution in [2.24, 2.45) is 0 Å². The second-order valence-corrected chi connectivity index (χ2v) is 8.34. The second kappa shape index (κ2) is 10.5. The van der Waals surface area contributed by atoms with E-state index in [1.807, 2.05) is 38.1 Å². The molecule has 0 saturated carbocycles. The maximum absolute atomic E-state index is 9.97. The average Bonchev–Trinajstić information content (AvgIpc) is 3.36.